The Kier molecular flexibility index (Phi) is 5.19. The van der Waals surface area contributed by atoms with E-state index in [1.165, 1.54) is 47.8 Å². The minimum Gasteiger partial charge on any atom is -0.493 e. The Labute approximate surface area is 136 Å². The average Bonchev–Trinajstić information content (AvgIpc) is 2.94. The summed E-state index contributed by atoms with van der Waals surface area (Å²) in [4.78, 5) is 2.66. The van der Waals surface area contributed by atoms with Gasteiger partial charge in [0.05, 0.1) is 6.61 Å². The first kappa shape index (κ1) is 15.3. The molecular weight excluding hydrogens is 328 g/mol. The molecule has 21 heavy (non-hydrogen) atoms. The number of halogens is 1. The van der Waals surface area contributed by atoms with Crippen molar-refractivity contribution < 1.29 is 4.74 Å². The lowest BCUT2D eigenvalue weighted by molar-refractivity contribution is 0.131. The van der Waals surface area contributed by atoms with Crippen LogP contribution >= 0.6 is 15.9 Å². The summed E-state index contributed by atoms with van der Waals surface area (Å²) in [6.45, 7) is 4.18. The van der Waals surface area contributed by atoms with E-state index in [1.807, 2.05) is 7.05 Å². The number of ether oxygens (including phenoxy) is 1. The Bertz CT molecular complexity index is 492. The number of nitrogens with zero attached hydrogens (tertiary/aromatic N) is 1. The molecule has 1 N–H and O–H groups in total. The van der Waals surface area contributed by atoms with Crippen LogP contribution in [0.15, 0.2) is 16.6 Å². The van der Waals surface area contributed by atoms with Gasteiger partial charge in [0.15, 0.2) is 0 Å². The van der Waals surface area contributed by atoms with Gasteiger partial charge in [-0.1, -0.05) is 22.4 Å². The molecule has 4 heteroatoms. The lowest BCUT2D eigenvalue weighted by Gasteiger charge is -2.36. The van der Waals surface area contributed by atoms with Gasteiger partial charge in [-0.05, 0) is 57.1 Å². The molecule has 2 aliphatic heterocycles. The van der Waals surface area contributed by atoms with E-state index in [0.29, 0.717) is 6.04 Å². The van der Waals surface area contributed by atoms with E-state index in [2.05, 4.69) is 38.3 Å². The summed E-state index contributed by atoms with van der Waals surface area (Å²) >= 11 is 3.65. The molecule has 0 amide bonds. The van der Waals surface area contributed by atoms with Crippen LogP contribution in [-0.2, 0) is 13.0 Å². The molecule has 1 atom stereocenters. The molecule has 0 bridgehead atoms. The van der Waals surface area contributed by atoms with Crippen molar-refractivity contribution >= 4 is 15.9 Å². The standard InChI is InChI=1S/C17H25BrN2O/c1-19-7-5-16-4-2-3-8-20(16)12-14-11-15(18)10-13-6-9-21-17(13)14/h10-11,16,19H,2-9,12H2,1H3. The molecular formula is C17H25BrN2O. The first-order valence-electron chi connectivity index (χ1n) is 8.10. The van der Waals surface area contributed by atoms with Crippen LogP contribution in [0.5, 0.6) is 5.75 Å². The highest BCUT2D eigenvalue weighted by molar-refractivity contribution is 9.10. The van der Waals surface area contributed by atoms with Crippen molar-refractivity contribution in [3.8, 4) is 5.75 Å². The van der Waals surface area contributed by atoms with Crippen molar-refractivity contribution in [1.82, 2.24) is 10.2 Å². The Morgan fingerprint density at radius 3 is 3.14 bits per heavy atom. The van der Waals surface area contributed by atoms with Crippen LogP contribution in [0, 0.1) is 0 Å². The van der Waals surface area contributed by atoms with Gasteiger partial charge in [-0.3, -0.25) is 4.90 Å². The van der Waals surface area contributed by atoms with Gasteiger partial charge in [0, 0.05) is 29.0 Å². The van der Waals surface area contributed by atoms with E-state index in [9.17, 15) is 0 Å². The zero-order chi connectivity index (χ0) is 14.7. The van der Waals surface area contributed by atoms with Crippen molar-refractivity contribution in [2.24, 2.45) is 0 Å². The second-order valence-electron chi connectivity index (χ2n) is 6.16. The van der Waals surface area contributed by atoms with Gasteiger partial charge < -0.3 is 10.1 Å². The van der Waals surface area contributed by atoms with Gasteiger partial charge in [-0.2, -0.15) is 0 Å². The van der Waals surface area contributed by atoms with E-state index in [-0.39, 0.29) is 0 Å². The van der Waals surface area contributed by atoms with E-state index in [0.717, 1.165) is 31.9 Å². The van der Waals surface area contributed by atoms with Gasteiger partial charge in [-0.15, -0.1) is 0 Å². The number of hydrogen-bond donors (Lipinski definition) is 1. The number of rotatable bonds is 5. The summed E-state index contributed by atoms with van der Waals surface area (Å²) in [5.41, 5.74) is 2.72. The maximum absolute atomic E-state index is 5.88. The fourth-order valence-corrected chi connectivity index (χ4v) is 4.14. The number of hydrogen-bond acceptors (Lipinski definition) is 3. The fourth-order valence-electron chi connectivity index (χ4n) is 3.59. The lowest BCUT2D eigenvalue weighted by Crippen LogP contribution is -2.40. The topological polar surface area (TPSA) is 24.5 Å². The minimum atomic E-state index is 0.710. The normalized spacial score (nSPS) is 22.1. The predicted molar refractivity (Wildman–Crippen MR) is 89.9 cm³/mol. The molecule has 1 unspecified atom stereocenters. The van der Waals surface area contributed by atoms with Crippen LogP contribution in [0.1, 0.15) is 36.8 Å². The first-order valence-corrected chi connectivity index (χ1v) is 8.90. The van der Waals surface area contributed by atoms with Gasteiger partial charge in [0.1, 0.15) is 5.75 Å². The van der Waals surface area contributed by atoms with Gasteiger partial charge in [0.2, 0.25) is 0 Å². The zero-order valence-electron chi connectivity index (χ0n) is 12.8. The molecule has 2 heterocycles. The SMILES string of the molecule is CNCCC1CCCCN1Cc1cc(Br)cc2c1OCC2. The molecule has 2 aliphatic rings. The number of piperidine rings is 1. The van der Waals surface area contributed by atoms with E-state index in [4.69, 9.17) is 4.74 Å². The van der Waals surface area contributed by atoms with Crippen molar-refractivity contribution in [2.75, 3.05) is 26.7 Å². The first-order chi connectivity index (χ1) is 10.3. The maximum Gasteiger partial charge on any atom is 0.127 e. The predicted octanol–water partition coefficient (Wildman–Crippen LogP) is 3.35. The highest BCUT2D eigenvalue weighted by atomic mass is 79.9. The van der Waals surface area contributed by atoms with Crippen LogP contribution < -0.4 is 10.1 Å². The van der Waals surface area contributed by atoms with Gasteiger partial charge in [0.25, 0.3) is 0 Å². The summed E-state index contributed by atoms with van der Waals surface area (Å²) in [6.07, 6.45) is 6.32. The highest BCUT2D eigenvalue weighted by Crippen LogP contribution is 2.35. The Morgan fingerprint density at radius 2 is 2.29 bits per heavy atom. The number of benzene rings is 1. The van der Waals surface area contributed by atoms with Crippen molar-refractivity contribution in [3.05, 3.63) is 27.7 Å². The molecule has 116 valence electrons. The molecule has 0 radical (unpaired) electrons. The van der Waals surface area contributed by atoms with E-state index < -0.39 is 0 Å². The second-order valence-corrected chi connectivity index (χ2v) is 7.08. The maximum atomic E-state index is 5.88. The summed E-state index contributed by atoms with van der Waals surface area (Å²) in [5, 5.41) is 3.29. The largest absolute Gasteiger partial charge is 0.493 e. The second kappa shape index (κ2) is 7.12. The van der Waals surface area contributed by atoms with Crippen LogP contribution in [0.2, 0.25) is 0 Å². The monoisotopic (exact) mass is 352 g/mol. The van der Waals surface area contributed by atoms with Gasteiger partial charge in [-0.25, -0.2) is 0 Å². The highest BCUT2D eigenvalue weighted by Gasteiger charge is 2.25. The molecule has 0 spiro atoms. The molecule has 1 saturated heterocycles. The lowest BCUT2D eigenvalue weighted by atomic mass is 9.98. The van der Waals surface area contributed by atoms with Crippen LogP contribution in [0.3, 0.4) is 0 Å². The van der Waals surface area contributed by atoms with Gasteiger partial charge >= 0.3 is 0 Å². The van der Waals surface area contributed by atoms with E-state index >= 15 is 0 Å². The molecule has 3 nitrogen and oxygen atoms in total. The molecule has 1 aromatic rings. The summed E-state index contributed by atoms with van der Waals surface area (Å²) in [6, 6.07) is 5.16. The molecule has 0 aliphatic carbocycles. The Morgan fingerprint density at radius 1 is 1.38 bits per heavy atom. The smallest absolute Gasteiger partial charge is 0.127 e. The third kappa shape index (κ3) is 3.61. The molecule has 3 rings (SSSR count). The number of nitrogens with one attached hydrogen (secondary N) is 1. The van der Waals surface area contributed by atoms with Crippen molar-refractivity contribution in [3.63, 3.8) is 0 Å². The fraction of sp³-hybridized carbons (Fsp3) is 0.647. The molecule has 0 aromatic heterocycles. The van der Waals surface area contributed by atoms with Crippen LogP contribution in [-0.4, -0.2) is 37.7 Å². The third-order valence-corrected chi connectivity index (χ3v) is 5.13. The zero-order valence-corrected chi connectivity index (χ0v) is 14.4. The van der Waals surface area contributed by atoms with Crippen LogP contribution in [0.25, 0.3) is 0 Å². The average molecular weight is 353 g/mol. The number of fused-ring (bicyclic) bond motifs is 1. The Balaban J connectivity index is 1.75. The molecule has 1 fully saturated rings. The third-order valence-electron chi connectivity index (χ3n) is 4.68. The summed E-state index contributed by atoms with van der Waals surface area (Å²) in [7, 11) is 2.04. The van der Waals surface area contributed by atoms with Crippen LogP contribution in [0.4, 0.5) is 0 Å². The minimum absolute atomic E-state index is 0.710. The quantitative estimate of drug-likeness (QED) is 0.879. The van der Waals surface area contributed by atoms with E-state index in [1.54, 1.807) is 0 Å². The molecule has 0 saturated carbocycles. The number of likely N-dealkylation sites (tertiary alicyclic amines) is 1. The van der Waals surface area contributed by atoms with Crippen molar-refractivity contribution in [1.29, 1.82) is 0 Å². The summed E-state index contributed by atoms with van der Waals surface area (Å²) in [5.74, 6) is 1.15. The summed E-state index contributed by atoms with van der Waals surface area (Å²) < 4.78 is 7.07. The van der Waals surface area contributed by atoms with Crippen molar-refractivity contribution in [2.45, 2.75) is 44.7 Å². The molecule has 1 aromatic carbocycles. The Hall–Kier alpha value is -0.580.